The summed E-state index contributed by atoms with van der Waals surface area (Å²) in [6.07, 6.45) is 0. The summed E-state index contributed by atoms with van der Waals surface area (Å²) in [4.78, 5) is 25.8. The number of aromatic amines is 1. The van der Waals surface area contributed by atoms with Gasteiger partial charge in [-0.1, -0.05) is 18.2 Å². The van der Waals surface area contributed by atoms with E-state index >= 15 is 0 Å². The second-order valence-electron chi connectivity index (χ2n) is 3.15. The topological polar surface area (TPSA) is 64.1 Å². The number of aromatic nitrogens is 2. The van der Waals surface area contributed by atoms with Gasteiger partial charge in [-0.2, -0.15) is 0 Å². The van der Waals surface area contributed by atoms with Crippen LogP contribution in [0.4, 0.5) is 0 Å². The first-order valence-corrected chi connectivity index (χ1v) is 4.68. The van der Waals surface area contributed by atoms with Crippen LogP contribution in [0, 0.1) is 0 Å². The van der Waals surface area contributed by atoms with Gasteiger partial charge in [0, 0.05) is 0 Å². The molecule has 0 saturated heterocycles. The minimum atomic E-state index is -0.518. The lowest BCUT2D eigenvalue weighted by Crippen LogP contribution is -2.33. The van der Waals surface area contributed by atoms with Crippen LogP contribution < -0.4 is 16.0 Å². The van der Waals surface area contributed by atoms with Crippen LogP contribution in [0.25, 0.3) is 5.69 Å². The Balaban J connectivity index is 2.68. The normalized spacial score (nSPS) is 10.1. The van der Waals surface area contributed by atoms with Crippen molar-refractivity contribution in [2.24, 2.45) is 0 Å². The molecule has 0 unspecified atom stereocenters. The summed E-state index contributed by atoms with van der Waals surface area (Å²) in [6.45, 7) is 0. The first-order chi connectivity index (χ1) is 7.72. The third-order valence-electron chi connectivity index (χ3n) is 2.14. The number of ether oxygens (including phenoxy) is 1. The molecule has 16 heavy (non-hydrogen) atoms. The molecule has 1 N–H and O–H groups in total. The van der Waals surface area contributed by atoms with Crippen molar-refractivity contribution in [1.29, 1.82) is 0 Å². The molecule has 0 aliphatic rings. The van der Waals surface area contributed by atoms with Gasteiger partial charge in [-0.15, -0.1) is 0 Å². The van der Waals surface area contributed by atoms with Crippen LogP contribution in [0.2, 0.25) is 0 Å². The highest BCUT2D eigenvalue weighted by Crippen LogP contribution is 2.02. The van der Waals surface area contributed by atoms with Crippen molar-refractivity contribution < 1.29 is 4.74 Å². The summed E-state index contributed by atoms with van der Waals surface area (Å²) >= 11 is 0. The van der Waals surface area contributed by atoms with E-state index in [0.717, 1.165) is 4.57 Å². The molecule has 0 spiro atoms. The number of hydrogen-bond acceptors (Lipinski definition) is 3. The minimum absolute atomic E-state index is 0.155. The van der Waals surface area contributed by atoms with Crippen LogP contribution in [0.3, 0.4) is 0 Å². The van der Waals surface area contributed by atoms with Crippen molar-refractivity contribution in [3.8, 4) is 11.6 Å². The lowest BCUT2D eigenvalue weighted by atomic mass is 10.3. The maximum Gasteiger partial charge on any atom is 0.335 e. The van der Waals surface area contributed by atoms with Gasteiger partial charge in [-0.05, 0) is 12.1 Å². The van der Waals surface area contributed by atoms with E-state index in [0.29, 0.717) is 5.69 Å². The molecule has 0 aliphatic heterocycles. The van der Waals surface area contributed by atoms with Gasteiger partial charge in [-0.3, -0.25) is 9.78 Å². The standard InChI is InChI=1S/C11H10N2O3/c1-16-9-7-10(14)13(11(15)12-9)8-5-3-2-4-6-8/h2-7H,1H3,(H,12,15). The monoisotopic (exact) mass is 218 g/mol. The molecule has 5 nitrogen and oxygen atoms in total. The fourth-order valence-electron chi connectivity index (χ4n) is 1.41. The van der Waals surface area contributed by atoms with Gasteiger partial charge in [-0.25, -0.2) is 9.36 Å². The molecule has 82 valence electrons. The zero-order valence-electron chi connectivity index (χ0n) is 8.64. The molecule has 0 radical (unpaired) electrons. The summed E-state index contributed by atoms with van der Waals surface area (Å²) in [7, 11) is 1.39. The Morgan fingerprint density at radius 2 is 1.88 bits per heavy atom. The fourth-order valence-corrected chi connectivity index (χ4v) is 1.41. The first kappa shape index (κ1) is 10.2. The van der Waals surface area contributed by atoms with Crippen molar-refractivity contribution >= 4 is 0 Å². The first-order valence-electron chi connectivity index (χ1n) is 4.68. The zero-order chi connectivity index (χ0) is 11.5. The predicted molar refractivity (Wildman–Crippen MR) is 59.2 cm³/mol. The number of nitrogens with one attached hydrogen (secondary N) is 1. The fraction of sp³-hybridized carbons (Fsp3) is 0.0909. The Labute approximate surface area is 90.9 Å². The maximum atomic E-state index is 11.7. The van der Waals surface area contributed by atoms with Crippen molar-refractivity contribution in [3.63, 3.8) is 0 Å². The summed E-state index contributed by atoms with van der Waals surface area (Å²) in [6, 6.07) is 9.92. The molecule has 2 aromatic rings. The molecular formula is C11H10N2O3. The average molecular weight is 218 g/mol. The molecule has 0 bridgehead atoms. The second kappa shape index (κ2) is 4.06. The Morgan fingerprint density at radius 1 is 1.19 bits per heavy atom. The lowest BCUT2D eigenvalue weighted by molar-refractivity contribution is 0.393. The summed E-state index contributed by atoms with van der Waals surface area (Å²) in [5.74, 6) is 0.155. The molecule has 2 rings (SSSR count). The smallest absolute Gasteiger partial charge is 0.335 e. The maximum absolute atomic E-state index is 11.7. The van der Waals surface area contributed by atoms with Gasteiger partial charge < -0.3 is 4.74 Å². The van der Waals surface area contributed by atoms with Gasteiger partial charge >= 0.3 is 5.69 Å². The highest BCUT2D eigenvalue weighted by Gasteiger charge is 2.05. The van der Waals surface area contributed by atoms with Crippen molar-refractivity contribution in [2.75, 3.05) is 7.11 Å². The Morgan fingerprint density at radius 3 is 2.44 bits per heavy atom. The Kier molecular flexibility index (Phi) is 2.59. The number of benzene rings is 1. The summed E-state index contributed by atoms with van der Waals surface area (Å²) in [5, 5.41) is 0. The van der Waals surface area contributed by atoms with Crippen molar-refractivity contribution in [1.82, 2.24) is 9.55 Å². The Bertz CT molecular complexity index is 567. The van der Waals surface area contributed by atoms with Crippen LogP contribution in [0.1, 0.15) is 0 Å². The third-order valence-corrected chi connectivity index (χ3v) is 2.14. The number of nitrogens with zero attached hydrogens (tertiary/aromatic N) is 1. The SMILES string of the molecule is COc1cc(=O)n(-c2ccccc2)c(=O)[nH]1. The van der Waals surface area contributed by atoms with E-state index in [1.807, 2.05) is 6.07 Å². The van der Waals surface area contributed by atoms with E-state index in [4.69, 9.17) is 4.74 Å². The van der Waals surface area contributed by atoms with Crippen LogP contribution in [-0.4, -0.2) is 16.7 Å². The van der Waals surface area contributed by atoms with Gasteiger partial charge in [0.15, 0.2) is 5.88 Å². The molecule has 0 fully saturated rings. The van der Waals surface area contributed by atoms with E-state index in [9.17, 15) is 9.59 Å². The number of H-pyrrole nitrogens is 1. The molecule has 1 heterocycles. The van der Waals surface area contributed by atoms with Gasteiger partial charge in [0.2, 0.25) is 0 Å². The van der Waals surface area contributed by atoms with E-state index < -0.39 is 11.2 Å². The molecule has 0 amide bonds. The quantitative estimate of drug-likeness (QED) is 0.799. The van der Waals surface area contributed by atoms with Crippen LogP contribution in [0.5, 0.6) is 5.88 Å². The molecular weight excluding hydrogens is 208 g/mol. The van der Waals surface area contributed by atoms with Gasteiger partial charge in [0.1, 0.15) is 0 Å². The van der Waals surface area contributed by atoms with E-state index in [1.54, 1.807) is 24.3 Å². The van der Waals surface area contributed by atoms with Crippen LogP contribution in [-0.2, 0) is 0 Å². The number of hydrogen-bond donors (Lipinski definition) is 1. The third kappa shape index (κ3) is 1.75. The van der Waals surface area contributed by atoms with Gasteiger partial charge in [0.25, 0.3) is 5.56 Å². The average Bonchev–Trinajstić information content (AvgIpc) is 2.29. The predicted octanol–water partition coefficient (Wildman–Crippen LogP) is 0.534. The Hall–Kier alpha value is -2.30. The highest BCUT2D eigenvalue weighted by molar-refractivity contribution is 5.31. The van der Waals surface area contributed by atoms with Crippen LogP contribution >= 0.6 is 0 Å². The summed E-state index contributed by atoms with van der Waals surface area (Å²) < 4.78 is 5.84. The van der Waals surface area contributed by atoms with Gasteiger partial charge in [0.05, 0.1) is 18.9 Å². The summed E-state index contributed by atoms with van der Waals surface area (Å²) in [5.41, 5.74) is -0.418. The molecule has 0 saturated carbocycles. The molecule has 1 aromatic heterocycles. The zero-order valence-corrected chi connectivity index (χ0v) is 8.64. The van der Waals surface area contributed by atoms with Crippen molar-refractivity contribution in [2.45, 2.75) is 0 Å². The second-order valence-corrected chi connectivity index (χ2v) is 3.15. The lowest BCUT2D eigenvalue weighted by Gasteiger charge is -2.04. The highest BCUT2D eigenvalue weighted by atomic mass is 16.5. The van der Waals surface area contributed by atoms with Crippen molar-refractivity contribution in [3.05, 3.63) is 57.2 Å². The largest absolute Gasteiger partial charge is 0.482 e. The van der Waals surface area contributed by atoms with E-state index in [1.165, 1.54) is 13.2 Å². The number of para-hydroxylation sites is 1. The van der Waals surface area contributed by atoms with E-state index in [2.05, 4.69) is 4.98 Å². The van der Waals surface area contributed by atoms with E-state index in [-0.39, 0.29) is 5.88 Å². The molecule has 1 aromatic carbocycles. The minimum Gasteiger partial charge on any atom is -0.482 e. The van der Waals surface area contributed by atoms with Crippen LogP contribution in [0.15, 0.2) is 46.0 Å². The molecule has 0 aliphatic carbocycles. The molecule has 5 heteroatoms. The number of rotatable bonds is 2. The number of methoxy groups -OCH3 is 1. The molecule has 0 atom stereocenters.